The molecule has 0 aliphatic rings. The molecule has 1 heterocycles. The fourth-order valence-corrected chi connectivity index (χ4v) is 4.44. The van der Waals surface area contributed by atoms with Gasteiger partial charge in [-0.15, -0.1) is 10.2 Å². The van der Waals surface area contributed by atoms with Crippen LogP contribution in [0.3, 0.4) is 0 Å². The molecule has 0 fully saturated rings. The minimum Gasteiger partial charge on any atom is -0.505 e. The van der Waals surface area contributed by atoms with Crippen LogP contribution in [0.1, 0.15) is 28.4 Å². The summed E-state index contributed by atoms with van der Waals surface area (Å²) in [6.45, 7) is 1.97. The SMILES string of the molecule is CCc1ccc(-n2c(O)c(N=Nc3cccc(-c4cccc(C(=O)O)c4)c3O)c3ccc(C(F)(F)F)cc32)cc1. The van der Waals surface area contributed by atoms with Gasteiger partial charge in [-0.25, -0.2) is 4.79 Å². The molecule has 4 aromatic carbocycles. The average Bonchev–Trinajstić information content (AvgIpc) is 3.22. The van der Waals surface area contributed by atoms with Crippen molar-refractivity contribution in [2.24, 2.45) is 10.2 Å². The highest BCUT2D eigenvalue weighted by Gasteiger charge is 2.32. The van der Waals surface area contributed by atoms with Crippen molar-refractivity contribution in [1.29, 1.82) is 0 Å². The summed E-state index contributed by atoms with van der Waals surface area (Å²) >= 11 is 0. The number of alkyl halides is 3. The lowest BCUT2D eigenvalue weighted by molar-refractivity contribution is -0.137. The molecule has 40 heavy (non-hydrogen) atoms. The topological polar surface area (TPSA) is 107 Å². The third-order valence-electron chi connectivity index (χ3n) is 6.54. The van der Waals surface area contributed by atoms with Crippen molar-refractivity contribution < 1.29 is 33.3 Å². The summed E-state index contributed by atoms with van der Waals surface area (Å²) in [6.07, 6.45) is -3.84. The Balaban J connectivity index is 1.64. The van der Waals surface area contributed by atoms with Gasteiger partial charge in [0.25, 0.3) is 0 Å². The predicted molar refractivity (Wildman–Crippen MR) is 144 cm³/mol. The Morgan fingerprint density at radius 1 is 0.900 bits per heavy atom. The first-order chi connectivity index (χ1) is 19.1. The zero-order valence-corrected chi connectivity index (χ0v) is 21.0. The molecule has 0 saturated carbocycles. The van der Waals surface area contributed by atoms with Gasteiger partial charge in [-0.05, 0) is 66.1 Å². The van der Waals surface area contributed by atoms with Gasteiger partial charge in [-0.2, -0.15) is 13.2 Å². The number of para-hydroxylation sites is 1. The second-order valence-corrected chi connectivity index (χ2v) is 9.02. The lowest BCUT2D eigenvalue weighted by Gasteiger charge is -2.10. The Labute approximate surface area is 226 Å². The third kappa shape index (κ3) is 4.86. The molecular formula is C30H22F3N3O4. The van der Waals surface area contributed by atoms with Crippen LogP contribution >= 0.6 is 0 Å². The molecule has 5 rings (SSSR count). The van der Waals surface area contributed by atoms with Crippen LogP contribution in [0.15, 0.2) is 95.2 Å². The highest BCUT2D eigenvalue weighted by atomic mass is 19.4. The van der Waals surface area contributed by atoms with Crippen molar-refractivity contribution in [3.63, 3.8) is 0 Å². The summed E-state index contributed by atoms with van der Waals surface area (Å²) in [6, 6.07) is 20.7. The number of hydrogen-bond donors (Lipinski definition) is 3. The Morgan fingerprint density at radius 2 is 1.62 bits per heavy atom. The number of azo groups is 1. The third-order valence-corrected chi connectivity index (χ3v) is 6.54. The van der Waals surface area contributed by atoms with Crippen LogP contribution in [-0.4, -0.2) is 25.9 Å². The largest absolute Gasteiger partial charge is 0.505 e. The van der Waals surface area contributed by atoms with Gasteiger partial charge in [0.2, 0.25) is 5.88 Å². The molecule has 10 heteroatoms. The Bertz CT molecular complexity index is 1770. The van der Waals surface area contributed by atoms with Crippen LogP contribution in [0.5, 0.6) is 11.6 Å². The number of fused-ring (bicyclic) bond motifs is 1. The molecule has 0 amide bonds. The van der Waals surface area contributed by atoms with Crippen molar-refractivity contribution in [2.75, 3.05) is 0 Å². The lowest BCUT2D eigenvalue weighted by Crippen LogP contribution is -2.05. The van der Waals surface area contributed by atoms with E-state index >= 15 is 0 Å². The van der Waals surface area contributed by atoms with E-state index in [0.29, 0.717) is 16.8 Å². The van der Waals surface area contributed by atoms with Crippen LogP contribution in [0.4, 0.5) is 24.5 Å². The number of phenols is 1. The normalized spacial score (nSPS) is 11.9. The smallest absolute Gasteiger partial charge is 0.416 e. The number of rotatable bonds is 6. The monoisotopic (exact) mass is 545 g/mol. The van der Waals surface area contributed by atoms with Crippen LogP contribution in [0, 0.1) is 0 Å². The fourth-order valence-electron chi connectivity index (χ4n) is 4.44. The predicted octanol–water partition coefficient (Wildman–Crippen LogP) is 8.40. The molecule has 0 radical (unpaired) electrons. The number of carboxylic acid groups (broad SMARTS) is 1. The summed E-state index contributed by atoms with van der Waals surface area (Å²) < 4.78 is 41.9. The molecule has 5 aromatic rings. The van der Waals surface area contributed by atoms with E-state index in [1.54, 1.807) is 36.4 Å². The molecule has 0 spiro atoms. The Kier molecular flexibility index (Phi) is 6.76. The number of halogens is 3. The van der Waals surface area contributed by atoms with Crippen molar-refractivity contribution in [2.45, 2.75) is 19.5 Å². The fraction of sp³-hybridized carbons (Fsp3) is 0.100. The zero-order chi connectivity index (χ0) is 28.6. The van der Waals surface area contributed by atoms with Gasteiger partial charge in [0, 0.05) is 16.6 Å². The van der Waals surface area contributed by atoms with Gasteiger partial charge in [-0.1, -0.05) is 43.3 Å². The summed E-state index contributed by atoms with van der Waals surface area (Å²) in [5.41, 5.74) is 1.34. The average molecular weight is 546 g/mol. The first-order valence-electron chi connectivity index (χ1n) is 12.2. The van der Waals surface area contributed by atoms with Crippen LogP contribution in [0.2, 0.25) is 0 Å². The van der Waals surface area contributed by atoms with E-state index in [2.05, 4.69) is 10.2 Å². The molecular weight excluding hydrogens is 523 g/mol. The summed E-state index contributed by atoms with van der Waals surface area (Å²) in [5.74, 6) is -1.83. The molecule has 0 aliphatic carbocycles. The van der Waals surface area contributed by atoms with Gasteiger partial charge in [0.05, 0.1) is 16.6 Å². The second kappa shape index (κ2) is 10.2. The standard InChI is InChI=1S/C30H22F3N3O4/c1-2-17-9-12-21(13-10-17)36-25-16-20(30(31,32)33)11-14-23(25)26(28(36)38)35-34-24-8-4-7-22(27(24)37)18-5-3-6-19(15-18)29(39)40/h3-16,37-38H,2H2,1H3,(H,39,40). The highest BCUT2D eigenvalue weighted by molar-refractivity contribution is 5.97. The molecule has 3 N–H and O–H groups in total. The number of aromatic nitrogens is 1. The number of aromatic hydroxyl groups is 2. The van der Waals surface area contributed by atoms with Crippen molar-refractivity contribution in [1.82, 2.24) is 4.57 Å². The van der Waals surface area contributed by atoms with Gasteiger partial charge in [0.15, 0.2) is 11.4 Å². The van der Waals surface area contributed by atoms with E-state index in [4.69, 9.17) is 0 Å². The van der Waals surface area contributed by atoms with Crippen molar-refractivity contribution >= 4 is 28.2 Å². The number of benzene rings is 4. The van der Waals surface area contributed by atoms with E-state index in [-0.39, 0.29) is 33.6 Å². The number of phenolic OH excluding ortho intramolecular Hbond substituents is 1. The van der Waals surface area contributed by atoms with Crippen molar-refractivity contribution in [3.05, 3.63) is 102 Å². The van der Waals surface area contributed by atoms with E-state index in [0.717, 1.165) is 24.1 Å². The highest BCUT2D eigenvalue weighted by Crippen LogP contribution is 2.45. The van der Waals surface area contributed by atoms with Crippen molar-refractivity contribution in [3.8, 4) is 28.4 Å². The van der Waals surface area contributed by atoms with Gasteiger partial charge in [0.1, 0.15) is 5.69 Å². The number of aryl methyl sites for hydroxylation is 1. The Morgan fingerprint density at radius 3 is 2.30 bits per heavy atom. The maximum atomic E-state index is 13.5. The van der Waals surface area contributed by atoms with Gasteiger partial charge in [-0.3, -0.25) is 4.57 Å². The van der Waals surface area contributed by atoms with Crippen LogP contribution < -0.4 is 0 Å². The van der Waals surface area contributed by atoms with E-state index in [1.807, 2.05) is 19.1 Å². The van der Waals surface area contributed by atoms with E-state index < -0.39 is 23.6 Å². The molecule has 0 bridgehead atoms. The quantitative estimate of drug-likeness (QED) is 0.186. The number of aromatic carboxylic acids is 1. The van der Waals surface area contributed by atoms with Gasteiger partial charge >= 0.3 is 12.1 Å². The zero-order valence-electron chi connectivity index (χ0n) is 21.0. The summed E-state index contributed by atoms with van der Waals surface area (Å²) in [4.78, 5) is 11.4. The molecule has 1 aromatic heterocycles. The number of hydrogen-bond acceptors (Lipinski definition) is 5. The molecule has 0 saturated heterocycles. The first-order valence-corrected chi connectivity index (χ1v) is 12.2. The number of carbonyl (C=O) groups is 1. The van der Waals surface area contributed by atoms with Crippen LogP contribution in [-0.2, 0) is 12.6 Å². The number of carboxylic acids is 1. The number of nitrogens with zero attached hydrogens (tertiary/aromatic N) is 3. The second-order valence-electron chi connectivity index (χ2n) is 9.02. The van der Waals surface area contributed by atoms with Gasteiger partial charge < -0.3 is 15.3 Å². The molecule has 202 valence electrons. The van der Waals surface area contributed by atoms with E-state index in [9.17, 15) is 33.3 Å². The first kappa shape index (κ1) is 26.5. The lowest BCUT2D eigenvalue weighted by atomic mass is 10.0. The van der Waals surface area contributed by atoms with E-state index in [1.165, 1.54) is 28.8 Å². The molecule has 0 atom stereocenters. The molecule has 0 aliphatic heterocycles. The molecule has 0 unspecified atom stereocenters. The summed E-state index contributed by atoms with van der Waals surface area (Å²) in [5, 5.41) is 39.8. The van der Waals surface area contributed by atoms with Crippen LogP contribution in [0.25, 0.3) is 27.7 Å². The minimum atomic E-state index is -4.60. The summed E-state index contributed by atoms with van der Waals surface area (Å²) in [7, 11) is 0. The maximum Gasteiger partial charge on any atom is 0.416 e. The maximum absolute atomic E-state index is 13.5. The minimum absolute atomic E-state index is 0.0118. The Hall–Kier alpha value is -5.12. The molecule has 7 nitrogen and oxygen atoms in total.